The van der Waals surface area contributed by atoms with Crippen molar-refractivity contribution in [2.24, 2.45) is 17.6 Å². The Bertz CT molecular complexity index is 321. The highest BCUT2D eigenvalue weighted by atomic mass is 32.1. The number of thiocarbonyl (C=S) groups is 1. The Morgan fingerprint density at radius 3 is 3.12 bits per heavy atom. The van der Waals surface area contributed by atoms with E-state index in [-0.39, 0.29) is 11.8 Å². The molecule has 0 saturated carbocycles. The van der Waals surface area contributed by atoms with Crippen LogP contribution in [0.5, 0.6) is 0 Å². The van der Waals surface area contributed by atoms with Gasteiger partial charge in [0.25, 0.3) is 0 Å². The van der Waals surface area contributed by atoms with E-state index < -0.39 is 0 Å². The quantitative estimate of drug-likeness (QED) is 0.722. The summed E-state index contributed by atoms with van der Waals surface area (Å²) in [6.07, 6.45) is 2.76. The minimum atomic E-state index is 0.219. The highest BCUT2D eigenvalue weighted by Gasteiger charge is 2.33. The number of piperidine rings is 2. The number of hydrogen-bond acceptors (Lipinski definition) is 3. The van der Waals surface area contributed by atoms with Crippen LogP contribution in [0.25, 0.3) is 0 Å². The molecule has 0 spiro atoms. The molecular weight excluding hydrogens is 234 g/mol. The summed E-state index contributed by atoms with van der Waals surface area (Å²) >= 11 is 5.01. The standard InChI is InChI=1S/C12H21N3OS/c1-8(12(13)17)6-15-5-4-10-9(7-15)2-3-11(16)14-10/h8-10H,2-7H2,1H3,(H2,13,17)(H,14,16). The molecule has 96 valence electrons. The van der Waals surface area contributed by atoms with E-state index in [0.29, 0.717) is 23.4 Å². The van der Waals surface area contributed by atoms with Crippen LogP contribution in [0.4, 0.5) is 0 Å². The number of hydrogen-bond donors (Lipinski definition) is 2. The number of amides is 1. The maximum atomic E-state index is 11.3. The summed E-state index contributed by atoms with van der Waals surface area (Å²) in [6, 6.07) is 0.396. The molecule has 1 amide bonds. The lowest BCUT2D eigenvalue weighted by molar-refractivity contribution is -0.125. The number of carbonyl (C=O) groups excluding carboxylic acids is 1. The number of nitrogens with zero attached hydrogens (tertiary/aromatic N) is 1. The van der Waals surface area contributed by atoms with Gasteiger partial charge >= 0.3 is 0 Å². The van der Waals surface area contributed by atoms with Gasteiger partial charge in [-0.15, -0.1) is 0 Å². The third kappa shape index (κ3) is 3.16. The van der Waals surface area contributed by atoms with Gasteiger partial charge in [0, 0.05) is 38.0 Å². The first-order chi connectivity index (χ1) is 8.06. The minimum Gasteiger partial charge on any atom is -0.393 e. The number of nitrogens with one attached hydrogen (secondary N) is 1. The van der Waals surface area contributed by atoms with E-state index in [1.807, 2.05) is 0 Å². The number of carbonyl (C=O) groups is 1. The smallest absolute Gasteiger partial charge is 0.220 e. The summed E-state index contributed by atoms with van der Waals surface area (Å²) in [5.41, 5.74) is 5.65. The monoisotopic (exact) mass is 255 g/mol. The van der Waals surface area contributed by atoms with Crippen LogP contribution in [0.15, 0.2) is 0 Å². The first-order valence-corrected chi connectivity index (χ1v) is 6.78. The fourth-order valence-electron chi connectivity index (χ4n) is 2.83. The number of fused-ring (bicyclic) bond motifs is 1. The van der Waals surface area contributed by atoms with Gasteiger partial charge in [-0.05, 0) is 18.8 Å². The molecule has 0 aromatic carbocycles. The molecule has 3 unspecified atom stereocenters. The van der Waals surface area contributed by atoms with Crippen LogP contribution >= 0.6 is 12.2 Å². The Morgan fingerprint density at radius 1 is 1.65 bits per heavy atom. The Morgan fingerprint density at radius 2 is 2.41 bits per heavy atom. The highest BCUT2D eigenvalue weighted by Crippen LogP contribution is 2.25. The van der Waals surface area contributed by atoms with Crippen LogP contribution in [0.2, 0.25) is 0 Å². The van der Waals surface area contributed by atoms with E-state index in [4.69, 9.17) is 18.0 Å². The first kappa shape index (κ1) is 12.8. The molecule has 3 atom stereocenters. The molecule has 0 bridgehead atoms. The van der Waals surface area contributed by atoms with Gasteiger partial charge in [0.15, 0.2) is 0 Å². The van der Waals surface area contributed by atoms with Crippen molar-refractivity contribution in [2.75, 3.05) is 19.6 Å². The van der Waals surface area contributed by atoms with E-state index in [1.54, 1.807) is 0 Å². The summed E-state index contributed by atoms with van der Waals surface area (Å²) < 4.78 is 0. The molecule has 2 heterocycles. The Hall–Kier alpha value is -0.680. The summed E-state index contributed by atoms with van der Waals surface area (Å²) in [5.74, 6) is 1.11. The normalized spacial score (nSPS) is 31.5. The molecule has 3 N–H and O–H groups in total. The van der Waals surface area contributed by atoms with Crippen molar-refractivity contribution in [2.45, 2.75) is 32.2 Å². The average molecular weight is 255 g/mol. The van der Waals surface area contributed by atoms with Gasteiger partial charge in [-0.1, -0.05) is 19.1 Å². The van der Waals surface area contributed by atoms with Gasteiger partial charge in [-0.2, -0.15) is 0 Å². The zero-order valence-electron chi connectivity index (χ0n) is 10.3. The zero-order valence-corrected chi connectivity index (χ0v) is 11.1. The van der Waals surface area contributed by atoms with Crippen molar-refractivity contribution in [3.05, 3.63) is 0 Å². The van der Waals surface area contributed by atoms with Gasteiger partial charge in [-0.3, -0.25) is 4.79 Å². The predicted molar refractivity (Wildman–Crippen MR) is 71.7 cm³/mol. The SMILES string of the molecule is CC(CN1CCC2NC(=O)CCC2C1)C(N)=S. The fraction of sp³-hybridized carbons (Fsp3) is 0.833. The molecule has 2 aliphatic heterocycles. The van der Waals surface area contributed by atoms with E-state index in [2.05, 4.69) is 17.1 Å². The topological polar surface area (TPSA) is 58.4 Å². The molecule has 0 aromatic heterocycles. The maximum Gasteiger partial charge on any atom is 0.220 e. The van der Waals surface area contributed by atoms with Crippen molar-refractivity contribution in [1.82, 2.24) is 10.2 Å². The number of nitrogens with two attached hydrogens (primary N) is 1. The fourth-order valence-corrected chi connectivity index (χ4v) is 2.90. The van der Waals surface area contributed by atoms with Gasteiger partial charge in [-0.25, -0.2) is 0 Å². The lowest BCUT2D eigenvalue weighted by atomic mass is 9.85. The van der Waals surface area contributed by atoms with E-state index >= 15 is 0 Å². The summed E-state index contributed by atoms with van der Waals surface area (Å²) in [4.78, 5) is 14.3. The molecule has 2 fully saturated rings. The van der Waals surface area contributed by atoms with Crippen LogP contribution in [-0.2, 0) is 4.79 Å². The van der Waals surface area contributed by atoms with Crippen molar-refractivity contribution >= 4 is 23.1 Å². The zero-order chi connectivity index (χ0) is 12.4. The molecule has 2 saturated heterocycles. The number of rotatable bonds is 3. The number of likely N-dealkylation sites (tertiary alicyclic amines) is 1. The van der Waals surface area contributed by atoms with E-state index in [9.17, 15) is 4.79 Å². The van der Waals surface area contributed by atoms with Crippen molar-refractivity contribution in [1.29, 1.82) is 0 Å². The predicted octanol–water partition coefficient (Wildman–Crippen LogP) is 0.509. The second-order valence-corrected chi connectivity index (χ2v) is 5.80. The van der Waals surface area contributed by atoms with E-state index in [0.717, 1.165) is 32.5 Å². The van der Waals surface area contributed by atoms with Crippen LogP contribution in [0, 0.1) is 11.8 Å². The third-order valence-electron chi connectivity index (χ3n) is 3.92. The van der Waals surface area contributed by atoms with Crippen LogP contribution in [-0.4, -0.2) is 41.5 Å². The van der Waals surface area contributed by atoms with Crippen molar-refractivity contribution in [3.8, 4) is 0 Å². The molecule has 4 nitrogen and oxygen atoms in total. The summed E-state index contributed by atoms with van der Waals surface area (Å²) in [5, 5.41) is 3.10. The first-order valence-electron chi connectivity index (χ1n) is 6.37. The largest absolute Gasteiger partial charge is 0.393 e. The summed E-state index contributed by atoms with van der Waals surface area (Å²) in [7, 11) is 0. The minimum absolute atomic E-state index is 0.219. The molecule has 2 rings (SSSR count). The lowest BCUT2D eigenvalue weighted by Crippen LogP contribution is -2.54. The molecule has 0 radical (unpaired) electrons. The van der Waals surface area contributed by atoms with Crippen molar-refractivity contribution in [3.63, 3.8) is 0 Å². The Balaban J connectivity index is 1.85. The van der Waals surface area contributed by atoms with Gasteiger partial charge in [0.1, 0.15) is 0 Å². The molecule has 0 aliphatic carbocycles. The van der Waals surface area contributed by atoms with Crippen molar-refractivity contribution < 1.29 is 4.79 Å². The molecule has 0 aromatic rings. The lowest BCUT2D eigenvalue weighted by Gasteiger charge is -2.42. The van der Waals surface area contributed by atoms with Crippen LogP contribution < -0.4 is 11.1 Å². The van der Waals surface area contributed by atoms with Gasteiger partial charge < -0.3 is 16.0 Å². The third-order valence-corrected chi connectivity index (χ3v) is 4.33. The molecule has 17 heavy (non-hydrogen) atoms. The average Bonchev–Trinajstić information content (AvgIpc) is 2.29. The Labute approximate surface area is 108 Å². The molecular formula is C12H21N3OS. The summed E-state index contributed by atoms with van der Waals surface area (Å²) in [6.45, 7) is 5.13. The molecule has 5 heteroatoms. The maximum absolute atomic E-state index is 11.3. The van der Waals surface area contributed by atoms with Gasteiger partial charge in [0.2, 0.25) is 5.91 Å². The second kappa shape index (κ2) is 5.31. The molecule has 2 aliphatic rings. The second-order valence-electron chi connectivity index (χ2n) is 5.32. The van der Waals surface area contributed by atoms with Crippen LogP contribution in [0.3, 0.4) is 0 Å². The Kier molecular flexibility index (Phi) is 3.99. The van der Waals surface area contributed by atoms with E-state index in [1.165, 1.54) is 0 Å². The van der Waals surface area contributed by atoms with Gasteiger partial charge in [0.05, 0.1) is 4.99 Å². The van der Waals surface area contributed by atoms with Crippen LogP contribution in [0.1, 0.15) is 26.2 Å². The highest BCUT2D eigenvalue weighted by molar-refractivity contribution is 7.80.